The van der Waals surface area contributed by atoms with Crippen molar-refractivity contribution in [1.29, 1.82) is 0 Å². The molecule has 9 heteroatoms. The maximum Gasteiger partial charge on any atom is 0.230 e. The van der Waals surface area contributed by atoms with Gasteiger partial charge >= 0.3 is 0 Å². The number of nitrogens with one attached hydrogen (secondary N) is 1. The lowest BCUT2D eigenvalue weighted by Gasteiger charge is -2.06. The van der Waals surface area contributed by atoms with Crippen molar-refractivity contribution in [1.82, 2.24) is 35.1 Å². The standard InChI is InChI=1S/C20H21N7OS/c1-26-18(13-27-17-10-6-5-9-16(17)22-25-27)23-24-20(26)29-14-19(28)21-12-11-15-7-3-2-4-8-15/h2-10H,11-14H2,1H3,(H,21,28). The van der Waals surface area contributed by atoms with Crippen molar-refractivity contribution in [2.75, 3.05) is 12.3 Å². The van der Waals surface area contributed by atoms with Crippen LogP contribution in [0.5, 0.6) is 0 Å². The first-order valence-corrected chi connectivity index (χ1v) is 10.3. The fraction of sp³-hybridized carbons (Fsp3) is 0.250. The topological polar surface area (TPSA) is 90.5 Å². The van der Waals surface area contributed by atoms with Crippen LogP contribution in [-0.4, -0.2) is 48.0 Å². The normalized spacial score (nSPS) is 11.1. The third kappa shape index (κ3) is 4.62. The minimum absolute atomic E-state index is 0.0160. The number of aromatic nitrogens is 6. The predicted molar refractivity (Wildman–Crippen MR) is 112 cm³/mol. The van der Waals surface area contributed by atoms with Crippen LogP contribution in [-0.2, 0) is 24.8 Å². The average Bonchev–Trinajstić information content (AvgIpc) is 3.31. The summed E-state index contributed by atoms with van der Waals surface area (Å²) in [6, 6.07) is 17.9. The van der Waals surface area contributed by atoms with Crippen LogP contribution in [0.3, 0.4) is 0 Å². The van der Waals surface area contributed by atoms with Gasteiger partial charge in [-0.05, 0) is 24.1 Å². The first kappa shape index (κ1) is 19.1. The molecule has 2 aromatic carbocycles. The van der Waals surface area contributed by atoms with Crippen LogP contribution in [0, 0.1) is 0 Å². The van der Waals surface area contributed by atoms with Crippen molar-refractivity contribution in [3.05, 3.63) is 66.0 Å². The van der Waals surface area contributed by atoms with Crippen molar-refractivity contribution < 1.29 is 4.79 Å². The van der Waals surface area contributed by atoms with Crippen LogP contribution >= 0.6 is 11.8 Å². The smallest absolute Gasteiger partial charge is 0.230 e. The molecule has 1 N–H and O–H groups in total. The Balaban J connectivity index is 1.30. The van der Waals surface area contributed by atoms with Crippen LogP contribution in [0.15, 0.2) is 59.8 Å². The zero-order valence-electron chi connectivity index (χ0n) is 16.0. The molecule has 29 heavy (non-hydrogen) atoms. The number of fused-ring (bicyclic) bond motifs is 1. The van der Waals surface area contributed by atoms with Crippen LogP contribution in [0.25, 0.3) is 11.0 Å². The number of para-hydroxylation sites is 1. The summed E-state index contributed by atoms with van der Waals surface area (Å²) in [6.45, 7) is 1.08. The third-order valence-electron chi connectivity index (χ3n) is 4.55. The van der Waals surface area contributed by atoms with Gasteiger partial charge in [-0.15, -0.1) is 15.3 Å². The Hall–Kier alpha value is -3.20. The highest BCUT2D eigenvalue weighted by atomic mass is 32.2. The molecule has 0 aliphatic heterocycles. The largest absolute Gasteiger partial charge is 0.355 e. The molecular formula is C20H21N7OS. The lowest BCUT2D eigenvalue weighted by Crippen LogP contribution is -2.27. The summed E-state index contributed by atoms with van der Waals surface area (Å²) < 4.78 is 3.68. The summed E-state index contributed by atoms with van der Waals surface area (Å²) in [6.07, 6.45) is 0.817. The third-order valence-corrected chi connectivity index (χ3v) is 5.57. The van der Waals surface area contributed by atoms with Crippen molar-refractivity contribution in [2.24, 2.45) is 7.05 Å². The second kappa shape index (κ2) is 8.87. The molecule has 4 rings (SSSR count). The Morgan fingerprint density at radius 3 is 2.69 bits per heavy atom. The zero-order chi connectivity index (χ0) is 20.1. The second-order valence-electron chi connectivity index (χ2n) is 6.57. The molecule has 0 saturated carbocycles. The molecule has 2 heterocycles. The number of hydrogen-bond acceptors (Lipinski definition) is 6. The number of nitrogens with zero attached hydrogens (tertiary/aromatic N) is 6. The first-order valence-electron chi connectivity index (χ1n) is 9.30. The van der Waals surface area contributed by atoms with Crippen LogP contribution < -0.4 is 5.32 Å². The van der Waals surface area contributed by atoms with E-state index in [9.17, 15) is 4.79 Å². The summed E-state index contributed by atoms with van der Waals surface area (Å²) in [4.78, 5) is 12.1. The van der Waals surface area contributed by atoms with Gasteiger partial charge in [-0.2, -0.15) is 0 Å². The average molecular weight is 408 g/mol. The number of carbonyl (C=O) groups excluding carboxylic acids is 1. The number of benzene rings is 2. The van der Waals surface area contributed by atoms with Gasteiger partial charge in [0.25, 0.3) is 0 Å². The molecule has 0 spiro atoms. The van der Waals surface area contributed by atoms with Crippen LogP contribution in [0.2, 0.25) is 0 Å². The van der Waals surface area contributed by atoms with Gasteiger partial charge < -0.3 is 9.88 Å². The van der Waals surface area contributed by atoms with E-state index in [4.69, 9.17) is 0 Å². The molecule has 1 amide bonds. The number of carbonyl (C=O) groups is 1. The quantitative estimate of drug-likeness (QED) is 0.450. The molecule has 0 unspecified atom stereocenters. The van der Waals surface area contributed by atoms with E-state index in [1.165, 1.54) is 17.3 Å². The van der Waals surface area contributed by atoms with E-state index in [0.717, 1.165) is 23.3 Å². The van der Waals surface area contributed by atoms with Gasteiger partial charge in [0.2, 0.25) is 5.91 Å². The lowest BCUT2D eigenvalue weighted by atomic mass is 10.1. The predicted octanol–water partition coefficient (Wildman–Crippen LogP) is 2.06. The molecule has 0 aliphatic carbocycles. The first-order chi connectivity index (χ1) is 14.2. The molecular weight excluding hydrogens is 386 g/mol. The molecule has 8 nitrogen and oxygen atoms in total. The van der Waals surface area contributed by atoms with Gasteiger partial charge in [-0.3, -0.25) is 4.79 Å². The molecule has 0 radical (unpaired) electrons. The van der Waals surface area contributed by atoms with E-state index in [1.54, 1.807) is 4.68 Å². The van der Waals surface area contributed by atoms with Crippen molar-refractivity contribution in [2.45, 2.75) is 18.1 Å². The van der Waals surface area contributed by atoms with Gasteiger partial charge in [-0.25, -0.2) is 4.68 Å². The Kier molecular flexibility index (Phi) is 5.85. The molecule has 0 atom stereocenters. The maximum atomic E-state index is 12.1. The Labute approximate surface area is 172 Å². The highest BCUT2D eigenvalue weighted by Gasteiger charge is 2.13. The summed E-state index contributed by atoms with van der Waals surface area (Å²) in [7, 11) is 1.89. The van der Waals surface area contributed by atoms with Gasteiger partial charge in [0.05, 0.1) is 11.3 Å². The second-order valence-corrected chi connectivity index (χ2v) is 7.51. The van der Waals surface area contributed by atoms with E-state index in [1.807, 2.05) is 54.1 Å². The van der Waals surface area contributed by atoms with Gasteiger partial charge in [-0.1, -0.05) is 59.4 Å². The molecule has 4 aromatic rings. The van der Waals surface area contributed by atoms with Crippen molar-refractivity contribution in [3.8, 4) is 0 Å². The van der Waals surface area contributed by atoms with Crippen LogP contribution in [0.1, 0.15) is 11.4 Å². The van der Waals surface area contributed by atoms with Gasteiger partial charge in [0.15, 0.2) is 11.0 Å². The number of hydrogen-bond donors (Lipinski definition) is 1. The molecule has 2 aromatic heterocycles. The highest BCUT2D eigenvalue weighted by molar-refractivity contribution is 7.99. The van der Waals surface area contributed by atoms with E-state index < -0.39 is 0 Å². The Morgan fingerprint density at radius 1 is 1.03 bits per heavy atom. The molecule has 148 valence electrons. The number of rotatable bonds is 8. The SMILES string of the molecule is Cn1c(Cn2nnc3ccccc32)nnc1SCC(=O)NCCc1ccccc1. The van der Waals surface area contributed by atoms with E-state index in [0.29, 0.717) is 24.0 Å². The fourth-order valence-corrected chi connectivity index (χ4v) is 3.71. The van der Waals surface area contributed by atoms with Crippen LogP contribution in [0.4, 0.5) is 0 Å². The molecule has 0 saturated heterocycles. The molecule has 0 aliphatic rings. The van der Waals surface area contributed by atoms with E-state index >= 15 is 0 Å². The molecule has 0 fully saturated rings. The maximum absolute atomic E-state index is 12.1. The van der Waals surface area contributed by atoms with Crippen molar-refractivity contribution >= 4 is 28.7 Å². The van der Waals surface area contributed by atoms with Gasteiger partial charge in [0.1, 0.15) is 12.1 Å². The minimum Gasteiger partial charge on any atom is -0.355 e. The van der Waals surface area contributed by atoms with Gasteiger partial charge in [0, 0.05) is 13.6 Å². The summed E-state index contributed by atoms with van der Waals surface area (Å²) in [5.41, 5.74) is 3.00. The fourth-order valence-electron chi connectivity index (χ4n) is 2.95. The minimum atomic E-state index is -0.0160. The summed E-state index contributed by atoms with van der Waals surface area (Å²) >= 11 is 1.37. The highest BCUT2D eigenvalue weighted by Crippen LogP contribution is 2.17. The van der Waals surface area contributed by atoms with E-state index in [2.05, 4.69) is 38.0 Å². The lowest BCUT2D eigenvalue weighted by molar-refractivity contribution is -0.118. The number of thioether (sulfide) groups is 1. The Bertz CT molecular complexity index is 1110. The Morgan fingerprint density at radius 2 is 1.83 bits per heavy atom. The number of amides is 1. The summed E-state index contributed by atoms with van der Waals surface area (Å²) in [5, 5.41) is 20.4. The van der Waals surface area contributed by atoms with E-state index in [-0.39, 0.29) is 5.91 Å². The summed E-state index contributed by atoms with van der Waals surface area (Å²) in [5.74, 6) is 1.04. The monoisotopic (exact) mass is 407 g/mol. The molecule has 0 bridgehead atoms. The zero-order valence-corrected chi connectivity index (χ0v) is 16.8. The van der Waals surface area contributed by atoms with Crippen molar-refractivity contribution in [3.63, 3.8) is 0 Å².